The summed E-state index contributed by atoms with van der Waals surface area (Å²) < 4.78 is 13.0. The van der Waals surface area contributed by atoms with Crippen molar-refractivity contribution in [3.05, 3.63) is 65.0 Å². The van der Waals surface area contributed by atoms with E-state index in [1.807, 2.05) is 19.1 Å². The lowest BCUT2D eigenvalue weighted by molar-refractivity contribution is 0.178. The first-order valence-corrected chi connectivity index (χ1v) is 5.85. The van der Waals surface area contributed by atoms with E-state index in [0.717, 1.165) is 16.7 Å². The van der Waals surface area contributed by atoms with Crippen molar-refractivity contribution in [2.45, 2.75) is 19.4 Å². The van der Waals surface area contributed by atoms with Gasteiger partial charge in [-0.15, -0.1) is 0 Å². The molecule has 0 fully saturated rings. The SMILES string of the molecule is Cc1cc(F)ccc1CC(O)c1cccc(N)c1. The predicted octanol–water partition coefficient (Wildman–Crippen LogP) is 2.99. The van der Waals surface area contributed by atoms with E-state index < -0.39 is 6.10 Å². The molecule has 0 radical (unpaired) electrons. The quantitative estimate of drug-likeness (QED) is 0.816. The largest absolute Gasteiger partial charge is 0.399 e. The van der Waals surface area contributed by atoms with Crippen LogP contribution in [0.25, 0.3) is 0 Å². The van der Waals surface area contributed by atoms with Crippen molar-refractivity contribution >= 4 is 5.69 Å². The van der Waals surface area contributed by atoms with E-state index in [9.17, 15) is 9.50 Å². The van der Waals surface area contributed by atoms with E-state index in [-0.39, 0.29) is 5.82 Å². The summed E-state index contributed by atoms with van der Waals surface area (Å²) in [6.45, 7) is 1.84. The van der Waals surface area contributed by atoms with E-state index in [0.29, 0.717) is 12.1 Å². The molecule has 0 saturated carbocycles. The third kappa shape index (κ3) is 2.87. The van der Waals surface area contributed by atoms with Gasteiger partial charge in [0.2, 0.25) is 0 Å². The smallest absolute Gasteiger partial charge is 0.123 e. The van der Waals surface area contributed by atoms with Crippen LogP contribution in [0.3, 0.4) is 0 Å². The Bertz CT molecular complexity index is 554. The lowest BCUT2D eigenvalue weighted by Gasteiger charge is -2.13. The first kappa shape index (κ1) is 12.6. The Labute approximate surface area is 106 Å². The van der Waals surface area contributed by atoms with E-state index in [2.05, 4.69) is 0 Å². The van der Waals surface area contributed by atoms with Crippen LogP contribution in [0.15, 0.2) is 42.5 Å². The van der Waals surface area contributed by atoms with Gasteiger partial charge in [0.1, 0.15) is 5.82 Å². The first-order valence-electron chi connectivity index (χ1n) is 5.85. The Morgan fingerprint density at radius 3 is 2.67 bits per heavy atom. The molecule has 94 valence electrons. The molecule has 0 heterocycles. The highest BCUT2D eigenvalue weighted by Crippen LogP contribution is 2.22. The van der Waals surface area contributed by atoms with E-state index >= 15 is 0 Å². The number of hydrogen-bond donors (Lipinski definition) is 2. The number of halogens is 1. The maximum absolute atomic E-state index is 13.0. The number of anilines is 1. The summed E-state index contributed by atoms with van der Waals surface area (Å²) in [5.41, 5.74) is 8.86. The molecule has 0 aliphatic carbocycles. The van der Waals surface area contributed by atoms with Crippen LogP contribution in [0.4, 0.5) is 10.1 Å². The number of aliphatic hydroxyl groups is 1. The molecule has 0 aliphatic heterocycles. The maximum Gasteiger partial charge on any atom is 0.123 e. The highest BCUT2D eigenvalue weighted by Gasteiger charge is 2.10. The Hall–Kier alpha value is -1.87. The van der Waals surface area contributed by atoms with Crippen LogP contribution < -0.4 is 5.73 Å². The fourth-order valence-corrected chi connectivity index (χ4v) is 1.98. The molecule has 1 unspecified atom stereocenters. The van der Waals surface area contributed by atoms with E-state index in [4.69, 9.17) is 5.73 Å². The summed E-state index contributed by atoms with van der Waals surface area (Å²) >= 11 is 0. The van der Waals surface area contributed by atoms with Gasteiger partial charge in [-0.05, 0) is 47.9 Å². The molecule has 18 heavy (non-hydrogen) atoms. The van der Waals surface area contributed by atoms with Crippen molar-refractivity contribution in [1.29, 1.82) is 0 Å². The van der Waals surface area contributed by atoms with Crippen molar-refractivity contribution in [2.24, 2.45) is 0 Å². The summed E-state index contributed by atoms with van der Waals surface area (Å²) in [4.78, 5) is 0. The molecular weight excluding hydrogens is 229 g/mol. The van der Waals surface area contributed by atoms with Gasteiger partial charge in [0.15, 0.2) is 0 Å². The summed E-state index contributed by atoms with van der Waals surface area (Å²) in [5.74, 6) is -0.255. The first-order chi connectivity index (χ1) is 8.56. The molecule has 2 nitrogen and oxygen atoms in total. The molecule has 0 bridgehead atoms. The van der Waals surface area contributed by atoms with Gasteiger partial charge in [-0.25, -0.2) is 4.39 Å². The fourth-order valence-electron chi connectivity index (χ4n) is 1.98. The Morgan fingerprint density at radius 2 is 2.00 bits per heavy atom. The van der Waals surface area contributed by atoms with Gasteiger partial charge in [0.05, 0.1) is 6.10 Å². The van der Waals surface area contributed by atoms with Gasteiger partial charge in [0.25, 0.3) is 0 Å². The minimum absolute atomic E-state index is 0.255. The zero-order valence-corrected chi connectivity index (χ0v) is 10.2. The molecule has 0 aromatic heterocycles. The number of nitrogens with two attached hydrogens (primary N) is 1. The van der Waals surface area contributed by atoms with Crippen molar-refractivity contribution in [2.75, 3.05) is 5.73 Å². The van der Waals surface area contributed by atoms with Crippen LogP contribution in [-0.4, -0.2) is 5.11 Å². The molecule has 1 atom stereocenters. The lowest BCUT2D eigenvalue weighted by atomic mass is 9.98. The van der Waals surface area contributed by atoms with Gasteiger partial charge in [-0.3, -0.25) is 0 Å². The van der Waals surface area contributed by atoms with E-state index in [1.54, 1.807) is 18.2 Å². The molecule has 2 rings (SSSR count). The molecule has 0 amide bonds. The maximum atomic E-state index is 13.0. The number of rotatable bonds is 3. The second-order valence-corrected chi connectivity index (χ2v) is 4.46. The third-order valence-corrected chi connectivity index (χ3v) is 3.01. The molecule has 0 saturated heterocycles. The predicted molar refractivity (Wildman–Crippen MR) is 70.7 cm³/mol. The minimum atomic E-state index is -0.627. The van der Waals surface area contributed by atoms with Gasteiger partial charge in [-0.2, -0.15) is 0 Å². The summed E-state index contributed by atoms with van der Waals surface area (Å²) in [7, 11) is 0. The summed E-state index contributed by atoms with van der Waals surface area (Å²) in [6.07, 6.45) is -0.173. The van der Waals surface area contributed by atoms with Crippen molar-refractivity contribution < 1.29 is 9.50 Å². The number of hydrogen-bond acceptors (Lipinski definition) is 2. The zero-order valence-electron chi connectivity index (χ0n) is 10.2. The molecule has 0 aliphatic rings. The van der Waals surface area contributed by atoms with Crippen LogP contribution in [-0.2, 0) is 6.42 Å². The standard InChI is InChI=1S/C15H16FNO/c1-10-7-13(16)6-5-11(10)9-15(18)12-3-2-4-14(17)8-12/h2-8,15,18H,9,17H2,1H3. The molecule has 2 aromatic rings. The van der Waals surface area contributed by atoms with Crippen LogP contribution in [0, 0.1) is 12.7 Å². The Balaban J connectivity index is 2.18. The average molecular weight is 245 g/mol. The van der Waals surface area contributed by atoms with Gasteiger partial charge >= 0.3 is 0 Å². The molecule has 3 heteroatoms. The van der Waals surface area contributed by atoms with Crippen molar-refractivity contribution in [1.82, 2.24) is 0 Å². The second-order valence-electron chi connectivity index (χ2n) is 4.46. The number of aryl methyl sites for hydroxylation is 1. The monoisotopic (exact) mass is 245 g/mol. The minimum Gasteiger partial charge on any atom is -0.399 e. The van der Waals surface area contributed by atoms with Gasteiger partial charge in [0, 0.05) is 12.1 Å². The van der Waals surface area contributed by atoms with Gasteiger partial charge < -0.3 is 10.8 Å². The highest BCUT2D eigenvalue weighted by molar-refractivity contribution is 5.42. The zero-order chi connectivity index (χ0) is 13.1. The Kier molecular flexibility index (Phi) is 3.63. The van der Waals surface area contributed by atoms with Crippen LogP contribution in [0.2, 0.25) is 0 Å². The summed E-state index contributed by atoms with van der Waals surface area (Å²) in [5, 5.41) is 10.1. The van der Waals surface area contributed by atoms with E-state index in [1.165, 1.54) is 12.1 Å². The molecular formula is C15H16FNO. The molecule has 0 spiro atoms. The number of nitrogen functional groups attached to an aromatic ring is 1. The number of benzene rings is 2. The lowest BCUT2D eigenvalue weighted by Crippen LogP contribution is -2.04. The topological polar surface area (TPSA) is 46.2 Å². The summed E-state index contributed by atoms with van der Waals surface area (Å²) in [6, 6.07) is 11.8. The molecule has 2 aromatic carbocycles. The van der Waals surface area contributed by atoms with Crippen LogP contribution >= 0.6 is 0 Å². The normalized spacial score (nSPS) is 12.4. The second kappa shape index (κ2) is 5.19. The molecule has 3 N–H and O–H groups in total. The van der Waals surface area contributed by atoms with Crippen molar-refractivity contribution in [3.8, 4) is 0 Å². The van der Waals surface area contributed by atoms with Gasteiger partial charge in [-0.1, -0.05) is 18.2 Å². The average Bonchev–Trinajstić information content (AvgIpc) is 2.32. The number of aliphatic hydroxyl groups excluding tert-OH is 1. The third-order valence-electron chi connectivity index (χ3n) is 3.01. The highest BCUT2D eigenvalue weighted by atomic mass is 19.1. The van der Waals surface area contributed by atoms with Crippen LogP contribution in [0.1, 0.15) is 22.8 Å². The van der Waals surface area contributed by atoms with Crippen LogP contribution in [0.5, 0.6) is 0 Å². The fraction of sp³-hybridized carbons (Fsp3) is 0.200. The Morgan fingerprint density at radius 1 is 1.22 bits per heavy atom. The van der Waals surface area contributed by atoms with Crippen molar-refractivity contribution in [3.63, 3.8) is 0 Å².